The summed E-state index contributed by atoms with van der Waals surface area (Å²) in [5.74, 6) is 0. The van der Waals surface area contributed by atoms with Crippen molar-refractivity contribution in [3.05, 3.63) is 35.4 Å². The predicted octanol–water partition coefficient (Wildman–Crippen LogP) is 3.44. The first-order chi connectivity index (χ1) is 9.75. The molecular formula is C18H28N2. The molecule has 1 aliphatic carbocycles. The average Bonchev–Trinajstić information content (AvgIpc) is 2.77. The largest absolute Gasteiger partial charge is 0.320 e. The smallest absolute Gasteiger partial charge is 0.0567 e. The molecule has 1 aliphatic heterocycles. The highest BCUT2D eigenvalue weighted by Gasteiger charge is 2.42. The fourth-order valence-electron chi connectivity index (χ4n) is 4.26. The molecule has 0 bridgehead atoms. The van der Waals surface area contributed by atoms with Gasteiger partial charge in [0.2, 0.25) is 0 Å². The molecule has 0 aromatic heterocycles. The number of hydrogen-bond acceptors (Lipinski definition) is 2. The number of hydrogen-bond donors (Lipinski definition) is 1. The molecule has 2 heteroatoms. The topological polar surface area (TPSA) is 29.3 Å². The minimum atomic E-state index is -0.154. The fourth-order valence-corrected chi connectivity index (χ4v) is 4.26. The van der Waals surface area contributed by atoms with E-state index in [2.05, 4.69) is 36.1 Å². The second kappa shape index (κ2) is 5.87. The number of rotatable bonds is 2. The van der Waals surface area contributed by atoms with Crippen molar-refractivity contribution in [2.24, 2.45) is 5.73 Å². The van der Waals surface area contributed by atoms with E-state index in [1.54, 1.807) is 0 Å². The second-order valence-corrected chi connectivity index (χ2v) is 6.56. The molecule has 2 unspecified atom stereocenters. The third-order valence-corrected chi connectivity index (χ3v) is 5.47. The Bertz CT molecular complexity index is 448. The van der Waals surface area contributed by atoms with Crippen LogP contribution in [-0.2, 0) is 12.0 Å². The van der Waals surface area contributed by atoms with E-state index in [-0.39, 0.29) is 5.54 Å². The number of likely N-dealkylation sites (tertiary alicyclic amines) is 1. The quantitative estimate of drug-likeness (QED) is 0.893. The third-order valence-electron chi connectivity index (χ3n) is 5.47. The van der Waals surface area contributed by atoms with Crippen molar-refractivity contribution in [1.82, 2.24) is 4.90 Å². The molecule has 0 radical (unpaired) electrons. The third kappa shape index (κ3) is 2.40. The van der Waals surface area contributed by atoms with Gasteiger partial charge in [-0.3, -0.25) is 4.90 Å². The van der Waals surface area contributed by atoms with Gasteiger partial charge in [0.25, 0.3) is 0 Å². The number of aryl methyl sites for hydroxylation is 1. The SMILES string of the molecule is CCC1(N)c2ccccc2CCC1N1CCCCCC1. The summed E-state index contributed by atoms with van der Waals surface area (Å²) in [5.41, 5.74) is 9.68. The van der Waals surface area contributed by atoms with Gasteiger partial charge in [0.15, 0.2) is 0 Å². The normalized spacial score (nSPS) is 31.6. The Balaban J connectivity index is 1.92. The highest BCUT2D eigenvalue weighted by molar-refractivity contribution is 5.38. The zero-order chi connectivity index (χ0) is 14.0. The number of fused-ring (bicyclic) bond motifs is 1. The van der Waals surface area contributed by atoms with Gasteiger partial charge < -0.3 is 5.73 Å². The first-order valence-electron chi connectivity index (χ1n) is 8.37. The first-order valence-corrected chi connectivity index (χ1v) is 8.37. The van der Waals surface area contributed by atoms with Crippen LogP contribution in [0.2, 0.25) is 0 Å². The summed E-state index contributed by atoms with van der Waals surface area (Å²) in [5, 5.41) is 0. The molecule has 1 aromatic carbocycles. The summed E-state index contributed by atoms with van der Waals surface area (Å²) in [6.07, 6.45) is 8.92. The van der Waals surface area contributed by atoms with Crippen LogP contribution in [0.4, 0.5) is 0 Å². The standard InChI is InChI=1S/C18H28N2/c1-2-18(19)16-10-6-5-9-15(16)11-12-17(18)20-13-7-3-4-8-14-20/h5-6,9-10,17H,2-4,7-8,11-14,19H2,1H3. The Morgan fingerprint density at radius 1 is 1.15 bits per heavy atom. The second-order valence-electron chi connectivity index (χ2n) is 6.56. The summed E-state index contributed by atoms with van der Waals surface area (Å²) < 4.78 is 0. The van der Waals surface area contributed by atoms with Crippen LogP contribution in [-0.4, -0.2) is 24.0 Å². The molecule has 1 heterocycles. The van der Waals surface area contributed by atoms with Gasteiger partial charge in [0.05, 0.1) is 5.54 Å². The molecule has 3 rings (SSSR count). The van der Waals surface area contributed by atoms with E-state index in [0.717, 1.165) is 6.42 Å². The van der Waals surface area contributed by atoms with Crippen LogP contribution in [0.3, 0.4) is 0 Å². The van der Waals surface area contributed by atoms with Crippen LogP contribution in [0, 0.1) is 0 Å². The highest BCUT2D eigenvalue weighted by atomic mass is 15.2. The zero-order valence-corrected chi connectivity index (χ0v) is 12.8. The van der Waals surface area contributed by atoms with Gasteiger partial charge in [0, 0.05) is 6.04 Å². The van der Waals surface area contributed by atoms with Gasteiger partial charge in [-0.2, -0.15) is 0 Å². The minimum Gasteiger partial charge on any atom is -0.320 e. The van der Waals surface area contributed by atoms with Crippen LogP contribution >= 0.6 is 0 Å². The monoisotopic (exact) mass is 272 g/mol. The van der Waals surface area contributed by atoms with Gasteiger partial charge >= 0.3 is 0 Å². The molecule has 0 saturated carbocycles. The Morgan fingerprint density at radius 3 is 2.55 bits per heavy atom. The number of nitrogens with zero attached hydrogens (tertiary/aromatic N) is 1. The molecule has 2 atom stereocenters. The summed E-state index contributed by atoms with van der Waals surface area (Å²) >= 11 is 0. The van der Waals surface area contributed by atoms with Crippen LogP contribution in [0.15, 0.2) is 24.3 Å². The van der Waals surface area contributed by atoms with Gasteiger partial charge in [0.1, 0.15) is 0 Å². The van der Waals surface area contributed by atoms with Crippen LogP contribution < -0.4 is 5.73 Å². The van der Waals surface area contributed by atoms with E-state index in [4.69, 9.17) is 5.73 Å². The summed E-state index contributed by atoms with van der Waals surface area (Å²) in [6.45, 7) is 4.74. The lowest BCUT2D eigenvalue weighted by molar-refractivity contribution is 0.101. The lowest BCUT2D eigenvalue weighted by Gasteiger charge is -2.47. The van der Waals surface area contributed by atoms with Crippen molar-refractivity contribution in [2.45, 2.75) is 63.5 Å². The van der Waals surface area contributed by atoms with Crippen LogP contribution in [0.5, 0.6) is 0 Å². The Kier molecular flexibility index (Phi) is 4.13. The van der Waals surface area contributed by atoms with Crippen molar-refractivity contribution in [2.75, 3.05) is 13.1 Å². The maximum absolute atomic E-state index is 6.95. The van der Waals surface area contributed by atoms with Crippen molar-refractivity contribution < 1.29 is 0 Å². The Morgan fingerprint density at radius 2 is 1.85 bits per heavy atom. The lowest BCUT2D eigenvalue weighted by Crippen LogP contribution is -2.58. The van der Waals surface area contributed by atoms with Crippen LogP contribution in [0.25, 0.3) is 0 Å². The van der Waals surface area contributed by atoms with Crippen molar-refractivity contribution >= 4 is 0 Å². The molecule has 110 valence electrons. The van der Waals surface area contributed by atoms with Gasteiger partial charge in [-0.05, 0) is 56.3 Å². The molecule has 2 nitrogen and oxygen atoms in total. The van der Waals surface area contributed by atoms with E-state index in [1.807, 2.05) is 0 Å². The maximum atomic E-state index is 6.95. The van der Waals surface area contributed by atoms with E-state index < -0.39 is 0 Å². The molecule has 1 aromatic rings. The van der Waals surface area contributed by atoms with Gasteiger partial charge in [-0.25, -0.2) is 0 Å². The van der Waals surface area contributed by atoms with Gasteiger partial charge in [-0.1, -0.05) is 44.0 Å². The highest BCUT2D eigenvalue weighted by Crippen LogP contribution is 2.39. The van der Waals surface area contributed by atoms with Crippen molar-refractivity contribution in [3.63, 3.8) is 0 Å². The molecule has 2 aliphatic rings. The molecular weight excluding hydrogens is 244 g/mol. The van der Waals surface area contributed by atoms with E-state index in [1.165, 1.54) is 62.7 Å². The number of benzene rings is 1. The number of nitrogens with two attached hydrogens (primary N) is 1. The van der Waals surface area contributed by atoms with E-state index in [0.29, 0.717) is 6.04 Å². The van der Waals surface area contributed by atoms with E-state index in [9.17, 15) is 0 Å². The van der Waals surface area contributed by atoms with Gasteiger partial charge in [-0.15, -0.1) is 0 Å². The predicted molar refractivity (Wildman–Crippen MR) is 84.7 cm³/mol. The zero-order valence-electron chi connectivity index (χ0n) is 12.8. The summed E-state index contributed by atoms with van der Waals surface area (Å²) in [6, 6.07) is 9.37. The lowest BCUT2D eigenvalue weighted by atomic mass is 9.71. The molecule has 1 fully saturated rings. The summed E-state index contributed by atoms with van der Waals surface area (Å²) in [7, 11) is 0. The van der Waals surface area contributed by atoms with E-state index >= 15 is 0 Å². The molecule has 0 amide bonds. The Hall–Kier alpha value is -0.860. The average molecular weight is 272 g/mol. The summed E-state index contributed by atoms with van der Waals surface area (Å²) in [4.78, 5) is 2.70. The molecule has 0 spiro atoms. The first kappa shape index (κ1) is 14.1. The van der Waals surface area contributed by atoms with Crippen molar-refractivity contribution in [1.29, 1.82) is 0 Å². The molecule has 1 saturated heterocycles. The molecule has 2 N–H and O–H groups in total. The van der Waals surface area contributed by atoms with Crippen LogP contribution in [0.1, 0.15) is 56.6 Å². The maximum Gasteiger partial charge on any atom is 0.0567 e. The minimum absolute atomic E-state index is 0.154. The Labute approximate surface area is 123 Å². The fraction of sp³-hybridized carbons (Fsp3) is 0.667. The van der Waals surface area contributed by atoms with Crippen molar-refractivity contribution in [3.8, 4) is 0 Å². The molecule has 20 heavy (non-hydrogen) atoms.